The van der Waals surface area contributed by atoms with E-state index in [1.165, 1.54) is 0 Å². The Balaban J connectivity index is 1.37. The van der Waals surface area contributed by atoms with Crippen LogP contribution in [-0.4, -0.2) is 57.9 Å². The zero-order valence-electron chi connectivity index (χ0n) is 17.6. The van der Waals surface area contributed by atoms with Crippen LogP contribution in [0.15, 0.2) is 18.6 Å². The molecule has 5 rings (SSSR count). The lowest BCUT2D eigenvalue weighted by Gasteiger charge is -2.53. The summed E-state index contributed by atoms with van der Waals surface area (Å²) in [5.74, 6) is 0.795. The summed E-state index contributed by atoms with van der Waals surface area (Å²) in [5, 5.41) is 3.18. The number of methoxy groups -OCH3 is 1. The maximum atomic E-state index is 13.1. The Bertz CT molecular complexity index is 923. The van der Waals surface area contributed by atoms with Crippen LogP contribution in [0.1, 0.15) is 60.6 Å². The molecule has 3 fully saturated rings. The molecule has 2 aromatic rings. The summed E-state index contributed by atoms with van der Waals surface area (Å²) < 4.78 is 12.7. The first-order valence-electron chi connectivity index (χ1n) is 10.8. The van der Waals surface area contributed by atoms with Crippen LogP contribution in [0, 0.1) is 5.41 Å². The normalized spacial score (nSPS) is 25.5. The Morgan fingerprint density at radius 1 is 1.23 bits per heavy atom. The number of carbonyl (C=O) groups excluding carboxylic acids is 1. The van der Waals surface area contributed by atoms with Crippen LogP contribution in [0.4, 0.5) is 0 Å². The first kappa shape index (κ1) is 19.6. The van der Waals surface area contributed by atoms with Gasteiger partial charge in [-0.15, -0.1) is 0 Å². The van der Waals surface area contributed by atoms with Gasteiger partial charge in [-0.25, -0.2) is 15.0 Å². The lowest BCUT2D eigenvalue weighted by Crippen LogP contribution is -2.51. The van der Waals surface area contributed by atoms with Gasteiger partial charge in [-0.1, -0.05) is 0 Å². The molecule has 160 valence electrons. The summed E-state index contributed by atoms with van der Waals surface area (Å²) in [6.45, 7) is 1.70. The maximum Gasteiger partial charge on any atom is 0.270 e. The average Bonchev–Trinajstić information content (AvgIpc) is 3.12. The molecule has 3 heterocycles. The number of hydrogen-bond acceptors (Lipinski definition) is 6. The monoisotopic (exact) mass is 411 g/mol. The van der Waals surface area contributed by atoms with Gasteiger partial charge in [0.2, 0.25) is 0 Å². The number of aromatic nitrogens is 4. The quantitative estimate of drug-likeness (QED) is 0.813. The molecule has 1 N–H and O–H groups in total. The maximum absolute atomic E-state index is 13.1. The summed E-state index contributed by atoms with van der Waals surface area (Å²) in [6.07, 6.45) is 9.73. The first-order chi connectivity index (χ1) is 14.5. The summed E-state index contributed by atoms with van der Waals surface area (Å²) in [5.41, 5.74) is 2.54. The van der Waals surface area contributed by atoms with E-state index in [2.05, 4.69) is 15.3 Å². The Kier molecular flexibility index (Phi) is 5.06. The third-order valence-corrected chi connectivity index (χ3v) is 6.96. The fourth-order valence-electron chi connectivity index (χ4n) is 5.00. The van der Waals surface area contributed by atoms with Crippen molar-refractivity contribution in [2.75, 3.05) is 20.3 Å². The Morgan fingerprint density at radius 2 is 2.00 bits per heavy atom. The Hall–Kier alpha value is -2.32. The second kappa shape index (κ2) is 7.74. The van der Waals surface area contributed by atoms with Gasteiger partial charge in [-0.05, 0) is 44.6 Å². The van der Waals surface area contributed by atoms with Gasteiger partial charge in [0.05, 0.1) is 31.8 Å². The van der Waals surface area contributed by atoms with Gasteiger partial charge in [-0.2, -0.15) is 0 Å². The molecule has 1 saturated heterocycles. The van der Waals surface area contributed by atoms with Crippen LogP contribution < -0.4 is 5.32 Å². The summed E-state index contributed by atoms with van der Waals surface area (Å²) in [4.78, 5) is 26.7. The number of imidazole rings is 1. The number of nitrogens with zero attached hydrogens (tertiary/aromatic N) is 4. The molecule has 2 aromatic heterocycles. The zero-order valence-corrected chi connectivity index (χ0v) is 17.6. The molecule has 8 nitrogen and oxygen atoms in total. The van der Waals surface area contributed by atoms with E-state index in [9.17, 15) is 4.79 Å². The van der Waals surface area contributed by atoms with E-state index in [1.807, 2.05) is 17.7 Å². The van der Waals surface area contributed by atoms with Crippen LogP contribution >= 0.6 is 0 Å². The number of amides is 1. The molecule has 30 heavy (non-hydrogen) atoms. The third-order valence-electron chi connectivity index (χ3n) is 6.96. The van der Waals surface area contributed by atoms with Crippen molar-refractivity contribution in [1.29, 1.82) is 0 Å². The topological polar surface area (TPSA) is 91.2 Å². The van der Waals surface area contributed by atoms with Gasteiger partial charge >= 0.3 is 0 Å². The van der Waals surface area contributed by atoms with Crippen molar-refractivity contribution in [1.82, 2.24) is 24.8 Å². The van der Waals surface area contributed by atoms with Crippen molar-refractivity contribution in [2.24, 2.45) is 12.5 Å². The number of aryl methyl sites for hydroxylation is 1. The van der Waals surface area contributed by atoms with Crippen LogP contribution in [0.5, 0.6) is 0 Å². The van der Waals surface area contributed by atoms with Crippen molar-refractivity contribution in [2.45, 2.75) is 56.6 Å². The molecular formula is C22H29N5O3. The highest BCUT2D eigenvalue weighted by molar-refractivity contribution is 5.93. The number of rotatable bonds is 5. The van der Waals surface area contributed by atoms with E-state index >= 15 is 0 Å². The van der Waals surface area contributed by atoms with Gasteiger partial charge in [0.1, 0.15) is 11.4 Å². The van der Waals surface area contributed by atoms with Crippen molar-refractivity contribution >= 4 is 5.91 Å². The zero-order chi connectivity index (χ0) is 20.7. The molecule has 1 amide bonds. The van der Waals surface area contributed by atoms with Crippen molar-refractivity contribution < 1.29 is 14.3 Å². The Labute approximate surface area is 176 Å². The van der Waals surface area contributed by atoms with Crippen LogP contribution in [0.25, 0.3) is 11.5 Å². The molecule has 8 heteroatoms. The van der Waals surface area contributed by atoms with Gasteiger partial charge < -0.3 is 19.4 Å². The molecule has 0 radical (unpaired) electrons. The SMILES string of the molecule is CO[C@H]1CC[C@H](NC(=O)c2cc(C3CC4(COC4)C3)nc(-c3cncn3C)n2)CC1. The predicted octanol–water partition coefficient (Wildman–Crippen LogP) is 2.46. The largest absolute Gasteiger partial charge is 0.381 e. The van der Waals surface area contributed by atoms with E-state index in [1.54, 1.807) is 19.6 Å². The molecule has 2 saturated carbocycles. The molecule has 1 spiro atoms. The van der Waals surface area contributed by atoms with E-state index in [-0.39, 0.29) is 11.9 Å². The second-order valence-corrected chi connectivity index (χ2v) is 9.17. The van der Waals surface area contributed by atoms with E-state index in [0.29, 0.717) is 29.0 Å². The smallest absolute Gasteiger partial charge is 0.270 e. The van der Waals surface area contributed by atoms with E-state index in [0.717, 1.165) is 63.1 Å². The second-order valence-electron chi connectivity index (χ2n) is 9.17. The fraction of sp³-hybridized carbons (Fsp3) is 0.636. The molecule has 1 aliphatic heterocycles. The molecule has 0 bridgehead atoms. The number of nitrogens with one attached hydrogen (secondary N) is 1. The van der Waals surface area contributed by atoms with E-state index in [4.69, 9.17) is 14.5 Å². The molecular weight excluding hydrogens is 382 g/mol. The number of ether oxygens (including phenoxy) is 2. The number of carbonyl (C=O) groups is 1. The highest BCUT2D eigenvalue weighted by atomic mass is 16.5. The fourth-order valence-corrected chi connectivity index (χ4v) is 5.00. The van der Waals surface area contributed by atoms with E-state index < -0.39 is 0 Å². The minimum atomic E-state index is -0.121. The minimum absolute atomic E-state index is 0.121. The van der Waals surface area contributed by atoms with Gasteiger partial charge in [-0.3, -0.25) is 4.79 Å². The van der Waals surface area contributed by atoms with Gasteiger partial charge in [0.15, 0.2) is 5.82 Å². The van der Waals surface area contributed by atoms with Crippen molar-refractivity contribution in [3.8, 4) is 11.5 Å². The third kappa shape index (κ3) is 3.63. The Morgan fingerprint density at radius 3 is 2.60 bits per heavy atom. The molecule has 0 aromatic carbocycles. The summed E-state index contributed by atoms with van der Waals surface area (Å²) in [7, 11) is 3.67. The van der Waals surface area contributed by atoms with Crippen molar-refractivity contribution in [3.63, 3.8) is 0 Å². The van der Waals surface area contributed by atoms with Crippen LogP contribution in [0.3, 0.4) is 0 Å². The minimum Gasteiger partial charge on any atom is -0.381 e. The molecule has 3 aliphatic rings. The van der Waals surface area contributed by atoms with Crippen molar-refractivity contribution in [3.05, 3.63) is 30.0 Å². The van der Waals surface area contributed by atoms with Gasteiger partial charge in [0.25, 0.3) is 5.91 Å². The first-order valence-corrected chi connectivity index (χ1v) is 10.8. The highest BCUT2D eigenvalue weighted by Crippen LogP contribution is 2.54. The highest BCUT2D eigenvalue weighted by Gasteiger charge is 2.50. The van der Waals surface area contributed by atoms with Crippen LogP contribution in [-0.2, 0) is 16.5 Å². The lowest BCUT2D eigenvalue weighted by molar-refractivity contribution is -0.164. The molecule has 0 unspecified atom stereocenters. The standard InChI is InChI=1S/C22H29N5O3/c1-27-13-23-10-19(27)20-25-17(14-8-22(9-14)11-30-12-22)7-18(26-20)21(28)24-15-3-5-16(29-2)6-4-15/h7,10,13-16H,3-6,8-9,11-12H2,1-2H3,(H,24,28)/t15-,16-. The summed E-state index contributed by atoms with van der Waals surface area (Å²) >= 11 is 0. The van der Waals surface area contributed by atoms with Crippen LogP contribution in [0.2, 0.25) is 0 Å². The molecule has 2 aliphatic carbocycles. The summed E-state index contributed by atoms with van der Waals surface area (Å²) in [6, 6.07) is 2.05. The van der Waals surface area contributed by atoms with Gasteiger partial charge in [0, 0.05) is 37.2 Å². The molecule has 0 atom stereocenters. The average molecular weight is 412 g/mol. The lowest BCUT2D eigenvalue weighted by atomic mass is 9.60. The number of hydrogen-bond donors (Lipinski definition) is 1. The predicted molar refractivity (Wildman–Crippen MR) is 110 cm³/mol.